The van der Waals surface area contributed by atoms with Crippen LogP contribution < -0.4 is 5.32 Å². The largest absolute Gasteiger partial charge is 0.322 e. The molecule has 1 amide bonds. The van der Waals surface area contributed by atoms with Crippen molar-refractivity contribution in [2.45, 2.75) is 4.90 Å². The zero-order valence-electron chi connectivity index (χ0n) is 10.4. The molecule has 0 spiro atoms. The second-order valence-electron chi connectivity index (χ2n) is 3.92. The number of rotatable bonds is 4. The number of hydrogen-bond acceptors (Lipinski definition) is 3. The number of hydrogen-bond donors (Lipinski definition) is 1. The number of nitrogens with one attached hydrogen (secondary N) is 1. The van der Waals surface area contributed by atoms with Gasteiger partial charge in [-0.1, -0.05) is 0 Å². The van der Waals surface area contributed by atoms with Crippen LogP contribution in [0.1, 0.15) is 20.7 Å². The lowest BCUT2D eigenvalue weighted by Gasteiger charge is -2.06. The molecule has 4 heteroatoms. The molecule has 0 heterocycles. The SMILES string of the molecule is CSc1ccc(C(=O)Nc2ccc(C=O)cc2)cc1. The van der Waals surface area contributed by atoms with Crippen molar-refractivity contribution < 1.29 is 9.59 Å². The average molecular weight is 271 g/mol. The zero-order valence-corrected chi connectivity index (χ0v) is 11.2. The molecule has 0 fully saturated rings. The van der Waals surface area contributed by atoms with Crippen molar-refractivity contribution in [3.8, 4) is 0 Å². The second kappa shape index (κ2) is 6.20. The molecule has 0 saturated heterocycles. The number of aldehydes is 1. The van der Waals surface area contributed by atoms with Crippen LogP contribution in [0, 0.1) is 0 Å². The van der Waals surface area contributed by atoms with Crippen LogP contribution in [0.4, 0.5) is 5.69 Å². The standard InChI is InChI=1S/C15H13NO2S/c1-19-14-8-4-12(5-9-14)15(18)16-13-6-2-11(10-17)3-7-13/h2-10H,1H3,(H,16,18). The van der Waals surface area contributed by atoms with E-state index in [4.69, 9.17) is 0 Å². The molecule has 0 unspecified atom stereocenters. The summed E-state index contributed by atoms with van der Waals surface area (Å²) >= 11 is 1.63. The molecule has 0 saturated carbocycles. The summed E-state index contributed by atoms with van der Waals surface area (Å²) in [6.45, 7) is 0. The molecule has 0 atom stereocenters. The van der Waals surface area contributed by atoms with Gasteiger partial charge in [-0.05, 0) is 54.8 Å². The third kappa shape index (κ3) is 3.45. The first kappa shape index (κ1) is 13.4. The van der Waals surface area contributed by atoms with E-state index in [9.17, 15) is 9.59 Å². The Bertz CT molecular complexity index is 576. The smallest absolute Gasteiger partial charge is 0.255 e. The first-order valence-corrected chi connectivity index (χ1v) is 6.96. The van der Waals surface area contributed by atoms with Gasteiger partial charge >= 0.3 is 0 Å². The summed E-state index contributed by atoms with van der Waals surface area (Å²) in [5, 5.41) is 2.79. The van der Waals surface area contributed by atoms with E-state index in [0.29, 0.717) is 16.8 Å². The molecule has 0 aliphatic rings. The van der Waals surface area contributed by atoms with E-state index in [1.54, 1.807) is 48.2 Å². The molecule has 2 aromatic rings. The summed E-state index contributed by atoms with van der Waals surface area (Å²) in [7, 11) is 0. The lowest BCUT2D eigenvalue weighted by molar-refractivity contribution is 0.102. The number of anilines is 1. The average Bonchev–Trinajstić information content (AvgIpc) is 2.48. The fourth-order valence-corrected chi connectivity index (χ4v) is 2.00. The second-order valence-corrected chi connectivity index (χ2v) is 4.80. The van der Waals surface area contributed by atoms with Gasteiger partial charge in [-0.25, -0.2) is 0 Å². The Kier molecular flexibility index (Phi) is 4.36. The Hall–Kier alpha value is -2.07. The maximum absolute atomic E-state index is 12.0. The van der Waals surface area contributed by atoms with E-state index >= 15 is 0 Å². The van der Waals surface area contributed by atoms with Gasteiger partial charge in [0.25, 0.3) is 5.91 Å². The minimum Gasteiger partial charge on any atom is -0.322 e. The number of amides is 1. The highest BCUT2D eigenvalue weighted by Crippen LogP contribution is 2.16. The minimum absolute atomic E-state index is 0.161. The first-order chi connectivity index (χ1) is 9.22. The molecule has 2 rings (SSSR count). The number of carbonyl (C=O) groups is 2. The molecule has 3 nitrogen and oxygen atoms in total. The first-order valence-electron chi connectivity index (χ1n) is 5.73. The molecular weight excluding hydrogens is 258 g/mol. The highest BCUT2D eigenvalue weighted by Gasteiger charge is 2.05. The van der Waals surface area contributed by atoms with Crippen molar-refractivity contribution in [3.63, 3.8) is 0 Å². The molecule has 0 radical (unpaired) electrons. The van der Waals surface area contributed by atoms with Gasteiger partial charge in [0.1, 0.15) is 6.29 Å². The van der Waals surface area contributed by atoms with Gasteiger partial charge in [-0.2, -0.15) is 0 Å². The predicted molar refractivity (Wildman–Crippen MR) is 78.0 cm³/mol. The van der Waals surface area contributed by atoms with Crippen LogP contribution in [-0.4, -0.2) is 18.4 Å². The summed E-state index contributed by atoms with van der Waals surface area (Å²) in [6.07, 6.45) is 2.76. The van der Waals surface area contributed by atoms with E-state index in [1.165, 1.54) is 0 Å². The van der Waals surface area contributed by atoms with Crippen molar-refractivity contribution in [3.05, 3.63) is 59.7 Å². The highest BCUT2D eigenvalue weighted by atomic mass is 32.2. The lowest BCUT2D eigenvalue weighted by atomic mass is 10.2. The van der Waals surface area contributed by atoms with Crippen molar-refractivity contribution in [1.82, 2.24) is 0 Å². The molecule has 96 valence electrons. The molecular formula is C15H13NO2S. The van der Waals surface area contributed by atoms with Crippen LogP contribution in [0.5, 0.6) is 0 Å². The van der Waals surface area contributed by atoms with Crippen LogP contribution in [0.25, 0.3) is 0 Å². The molecule has 0 aromatic heterocycles. The Morgan fingerprint density at radius 2 is 1.68 bits per heavy atom. The van der Waals surface area contributed by atoms with Crippen LogP contribution >= 0.6 is 11.8 Å². The maximum Gasteiger partial charge on any atom is 0.255 e. The maximum atomic E-state index is 12.0. The summed E-state index contributed by atoms with van der Waals surface area (Å²) in [4.78, 5) is 23.6. The Morgan fingerprint density at radius 1 is 1.05 bits per heavy atom. The monoisotopic (exact) mass is 271 g/mol. The van der Waals surface area contributed by atoms with Gasteiger partial charge in [-0.15, -0.1) is 11.8 Å². The fraction of sp³-hybridized carbons (Fsp3) is 0.0667. The molecule has 1 N–H and O–H groups in total. The summed E-state index contributed by atoms with van der Waals surface area (Å²) in [5.74, 6) is -0.161. The van der Waals surface area contributed by atoms with Gasteiger partial charge in [0.2, 0.25) is 0 Å². The van der Waals surface area contributed by atoms with E-state index in [2.05, 4.69) is 5.32 Å². The lowest BCUT2D eigenvalue weighted by Crippen LogP contribution is -2.11. The predicted octanol–water partition coefficient (Wildman–Crippen LogP) is 3.47. The van der Waals surface area contributed by atoms with Crippen LogP contribution in [0.2, 0.25) is 0 Å². The third-order valence-corrected chi connectivity index (χ3v) is 3.40. The van der Waals surface area contributed by atoms with Gasteiger partial charge in [0.15, 0.2) is 0 Å². The van der Waals surface area contributed by atoms with Crippen molar-refractivity contribution >= 4 is 29.6 Å². The van der Waals surface area contributed by atoms with E-state index in [1.807, 2.05) is 18.4 Å². The normalized spacial score (nSPS) is 9.95. The molecule has 19 heavy (non-hydrogen) atoms. The topological polar surface area (TPSA) is 46.2 Å². The summed E-state index contributed by atoms with van der Waals surface area (Å²) in [5.41, 5.74) is 1.86. The van der Waals surface area contributed by atoms with Gasteiger partial charge in [-0.3, -0.25) is 9.59 Å². The molecule has 0 aliphatic heterocycles. The molecule has 0 bridgehead atoms. The van der Waals surface area contributed by atoms with Crippen LogP contribution in [0.15, 0.2) is 53.4 Å². The van der Waals surface area contributed by atoms with Crippen LogP contribution in [0.3, 0.4) is 0 Å². The van der Waals surface area contributed by atoms with Crippen molar-refractivity contribution in [2.75, 3.05) is 11.6 Å². The quantitative estimate of drug-likeness (QED) is 0.684. The van der Waals surface area contributed by atoms with Crippen molar-refractivity contribution in [2.24, 2.45) is 0 Å². The highest BCUT2D eigenvalue weighted by molar-refractivity contribution is 7.98. The Morgan fingerprint density at radius 3 is 2.21 bits per heavy atom. The van der Waals surface area contributed by atoms with Gasteiger partial charge < -0.3 is 5.32 Å². The number of thioether (sulfide) groups is 1. The molecule has 2 aromatic carbocycles. The van der Waals surface area contributed by atoms with Gasteiger partial charge in [0.05, 0.1) is 0 Å². The number of benzene rings is 2. The zero-order chi connectivity index (χ0) is 13.7. The molecule has 0 aliphatic carbocycles. The van der Waals surface area contributed by atoms with Crippen LogP contribution in [-0.2, 0) is 0 Å². The van der Waals surface area contributed by atoms with E-state index < -0.39 is 0 Å². The van der Waals surface area contributed by atoms with E-state index in [0.717, 1.165) is 11.2 Å². The third-order valence-electron chi connectivity index (χ3n) is 2.66. The Balaban J connectivity index is 2.08. The van der Waals surface area contributed by atoms with Crippen molar-refractivity contribution in [1.29, 1.82) is 0 Å². The van der Waals surface area contributed by atoms with E-state index in [-0.39, 0.29) is 5.91 Å². The fourth-order valence-electron chi connectivity index (χ4n) is 1.59. The summed E-state index contributed by atoms with van der Waals surface area (Å²) < 4.78 is 0. The Labute approximate surface area is 116 Å². The number of carbonyl (C=O) groups excluding carboxylic acids is 2. The minimum atomic E-state index is -0.161. The van der Waals surface area contributed by atoms with Gasteiger partial charge in [0, 0.05) is 21.7 Å². The summed E-state index contributed by atoms with van der Waals surface area (Å²) in [6, 6.07) is 14.2.